The average Bonchev–Trinajstić information content (AvgIpc) is 3.49. The first-order valence-electron chi connectivity index (χ1n) is 16.7. The summed E-state index contributed by atoms with van der Waals surface area (Å²) in [5.41, 5.74) is 5.12. The summed E-state index contributed by atoms with van der Waals surface area (Å²) in [7, 11) is 0. The van der Waals surface area contributed by atoms with Crippen molar-refractivity contribution in [3.8, 4) is 0 Å². The summed E-state index contributed by atoms with van der Waals surface area (Å²) in [5, 5.41) is 0.729. The number of para-hydroxylation sites is 1. The van der Waals surface area contributed by atoms with Gasteiger partial charge < -0.3 is 28.7 Å². The molecule has 7 rings (SSSR count). The molecule has 7 heteroatoms. The maximum Gasteiger partial charge on any atom is 0.198 e. The van der Waals surface area contributed by atoms with E-state index in [-0.39, 0.29) is 13.2 Å². The summed E-state index contributed by atoms with van der Waals surface area (Å²) < 4.78 is 49.6. The van der Waals surface area contributed by atoms with Crippen LogP contribution in [-0.2, 0) is 50.1 Å². The van der Waals surface area contributed by atoms with Crippen LogP contribution in [0.25, 0.3) is 10.9 Å². The molecule has 0 unspecified atom stereocenters. The third kappa shape index (κ3) is 8.16. The third-order valence-corrected chi connectivity index (χ3v) is 8.87. The molecule has 1 N–H and O–H groups in total. The number of ether oxygens (including phenoxy) is 5. The van der Waals surface area contributed by atoms with Gasteiger partial charge in [-0.05, 0) is 28.3 Å². The van der Waals surface area contributed by atoms with Gasteiger partial charge in [-0.2, -0.15) is 4.39 Å². The molecule has 6 aromatic rings. The van der Waals surface area contributed by atoms with Crippen molar-refractivity contribution in [2.75, 3.05) is 6.61 Å². The number of hydrogen-bond donors (Lipinski definition) is 1. The molecule has 1 aromatic heterocycles. The van der Waals surface area contributed by atoms with Gasteiger partial charge in [0.2, 0.25) is 0 Å². The van der Waals surface area contributed by atoms with E-state index in [9.17, 15) is 0 Å². The lowest BCUT2D eigenvalue weighted by atomic mass is 9.90. The zero-order valence-corrected chi connectivity index (χ0v) is 27.2. The highest BCUT2D eigenvalue weighted by Gasteiger charge is 2.50. The number of halogens is 1. The Bertz CT molecular complexity index is 1870. The minimum absolute atomic E-state index is 0.200. The largest absolute Gasteiger partial charge is 0.374 e. The van der Waals surface area contributed by atoms with Crippen molar-refractivity contribution >= 4 is 10.9 Å². The monoisotopic (exact) mass is 657 g/mol. The van der Waals surface area contributed by atoms with Crippen LogP contribution < -0.4 is 0 Å². The molecule has 5 aromatic carbocycles. The lowest BCUT2D eigenvalue weighted by Crippen LogP contribution is -2.58. The van der Waals surface area contributed by atoms with Gasteiger partial charge in [0.25, 0.3) is 0 Å². The van der Waals surface area contributed by atoms with Crippen LogP contribution in [0.2, 0.25) is 0 Å². The maximum atomic E-state index is 16.1. The highest BCUT2D eigenvalue weighted by atomic mass is 19.1. The number of fused-ring (bicyclic) bond motifs is 1. The van der Waals surface area contributed by atoms with E-state index in [1.165, 1.54) is 0 Å². The van der Waals surface area contributed by atoms with Gasteiger partial charge in [0, 0.05) is 16.5 Å². The van der Waals surface area contributed by atoms with Crippen LogP contribution in [0.1, 0.15) is 33.9 Å². The molecule has 1 saturated heterocycles. The van der Waals surface area contributed by atoms with Crippen LogP contribution in [0.3, 0.4) is 0 Å². The van der Waals surface area contributed by atoms with Crippen LogP contribution >= 0.6 is 0 Å². The third-order valence-electron chi connectivity index (χ3n) is 8.87. The van der Waals surface area contributed by atoms with Gasteiger partial charge in [-0.25, -0.2) is 0 Å². The maximum absolute atomic E-state index is 16.1. The predicted molar refractivity (Wildman–Crippen MR) is 187 cm³/mol. The van der Waals surface area contributed by atoms with Gasteiger partial charge in [-0.1, -0.05) is 140 Å². The van der Waals surface area contributed by atoms with Crippen LogP contribution in [0.5, 0.6) is 0 Å². The molecule has 1 aliphatic heterocycles. The summed E-state index contributed by atoms with van der Waals surface area (Å²) in [4.78, 5) is 2.92. The Morgan fingerprint density at radius 1 is 0.510 bits per heavy atom. The lowest BCUT2D eigenvalue weighted by Gasteiger charge is -2.46. The molecular formula is C42H40FNO5. The van der Waals surface area contributed by atoms with Crippen molar-refractivity contribution in [2.45, 2.75) is 56.9 Å². The zero-order chi connectivity index (χ0) is 33.3. The first kappa shape index (κ1) is 32.9. The quantitative estimate of drug-likeness (QED) is 0.127. The Labute approximate surface area is 286 Å². The van der Waals surface area contributed by atoms with Crippen LogP contribution in [0.15, 0.2) is 146 Å². The summed E-state index contributed by atoms with van der Waals surface area (Å²) in [5.74, 6) is -0.464. The fourth-order valence-corrected chi connectivity index (χ4v) is 6.43. The number of aromatic amines is 1. The van der Waals surface area contributed by atoms with E-state index in [0.717, 1.165) is 27.6 Å². The van der Waals surface area contributed by atoms with Gasteiger partial charge in [-0.3, -0.25) is 0 Å². The molecular weight excluding hydrogens is 617 g/mol. The van der Waals surface area contributed by atoms with Crippen LogP contribution in [-0.4, -0.2) is 36.0 Å². The molecule has 0 bridgehead atoms. The van der Waals surface area contributed by atoms with E-state index in [1.54, 1.807) is 0 Å². The predicted octanol–water partition coefficient (Wildman–Crippen LogP) is 8.72. The normalized spacial score (nSPS) is 20.8. The van der Waals surface area contributed by atoms with E-state index < -0.39 is 36.5 Å². The summed E-state index contributed by atoms with van der Waals surface area (Å²) in [6.07, 6.45) is -3.43. The Morgan fingerprint density at radius 2 is 0.959 bits per heavy atom. The number of rotatable bonds is 14. The molecule has 1 fully saturated rings. The average molecular weight is 658 g/mol. The molecule has 5 atom stereocenters. The lowest BCUT2D eigenvalue weighted by molar-refractivity contribution is -0.275. The summed E-state index contributed by atoms with van der Waals surface area (Å²) in [6, 6.07) is 47.5. The van der Waals surface area contributed by atoms with Crippen molar-refractivity contribution in [1.29, 1.82) is 0 Å². The Hall–Kier alpha value is -4.63. The number of benzene rings is 5. The number of H-pyrrole nitrogens is 1. The number of hydrogen-bond acceptors (Lipinski definition) is 5. The van der Waals surface area contributed by atoms with Gasteiger partial charge in [0.05, 0.1) is 33.0 Å². The Morgan fingerprint density at radius 3 is 1.51 bits per heavy atom. The van der Waals surface area contributed by atoms with Crippen molar-refractivity contribution < 1.29 is 28.1 Å². The van der Waals surface area contributed by atoms with Crippen LogP contribution in [0.4, 0.5) is 4.39 Å². The summed E-state index contributed by atoms with van der Waals surface area (Å²) >= 11 is 0. The molecule has 0 saturated carbocycles. The molecule has 250 valence electrons. The molecule has 0 spiro atoms. The Balaban J connectivity index is 1.27. The standard InChI is InChI=1S/C42H40FNO5/c43-42-37(34-23-13-14-24-35(34)44-42)39-41(48-28-33-21-11-4-12-22-33)40(47-27-32-19-9-3-10-20-32)38(46-26-31-17-7-2-8-18-31)36(49-39)29-45-25-30-15-5-1-6-16-30/h1-24,36,38-41,44H,25-29H2/t36-,38-,39+,40+,41+/m1/s1. The van der Waals surface area contributed by atoms with Gasteiger partial charge in [0.1, 0.15) is 30.5 Å². The van der Waals surface area contributed by atoms with E-state index >= 15 is 4.39 Å². The Kier molecular flexibility index (Phi) is 10.9. The van der Waals surface area contributed by atoms with Gasteiger partial charge >= 0.3 is 0 Å². The zero-order valence-electron chi connectivity index (χ0n) is 27.2. The topological polar surface area (TPSA) is 61.9 Å². The molecule has 1 aliphatic rings. The van der Waals surface area contributed by atoms with E-state index in [0.29, 0.717) is 30.9 Å². The minimum Gasteiger partial charge on any atom is -0.374 e. The van der Waals surface area contributed by atoms with Crippen molar-refractivity contribution in [1.82, 2.24) is 4.98 Å². The van der Waals surface area contributed by atoms with Crippen molar-refractivity contribution in [2.24, 2.45) is 0 Å². The first-order chi connectivity index (χ1) is 24.2. The molecule has 0 aliphatic carbocycles. The fourth-order valence-electron chi connectivity index (χ4n) is 6.43. The second kappa shape index (κ2) is 16.2. The van der Waals surface area contributed by atoms with Gasteiger partial charge in [-0.15, -0.1) is 0 Å². The summed E-state index contributed by atoms with van der Waals surface area (Å²) in [6.45, 7) is 1.50. The molecule has 49 heavy (non-hydrogen) atoms. The molecule has 6 nitrogen and oxygen atoms in total. The smallest absolute Gasteiger partial charge is 0.198 e. The van der Waals surface area contributed by atoms with Crippen molar-refractivity contribution in [3.63, 3.8) is 0 Å². The molecule has 2 heterocycles. The SMILES string of the molecule is Fc1[nH]c2ccccc2c1[C@@H]1O[C@H](COCc2ccccc2)[C@@H](OCc2ccccc2)[C@H](OCc2ccccc2)[C@H]1OCc1ccccc1. The highest BCUT2D eigenvalue weighted by Crippen LogP contribution is 2.42. The highest BCUT2D eigenvalue weighted by molar-refractivity contribution is 5.83. The van der Waals surface area contributed by atoms with E-state index in [4.69, 9.17) is 23.7 Å². The fraction of sp³-hybridized carbons (Fsp3) is 0.238. The molecule has 0 amide bonds. The van der Waals surface area contributed by atoms with Gasteiger partial charge in [0.15, 0.2) is 5.95 Å². The van der Waals surface area contributed by atoms with Crippen LogP contribution in [0, 0.1) is 5.95 Å². The van der Waals surface area contributed by atoms with Crippen molar-refractivity contribution in [3.05, 3.63) is 179 Å². The molecule has 0 radical (unpaired) electrons. The van der Waals surface area contributed by atoms with E-state index in [1.807, 2.05) is 146 Å². The second-order valence-corrected chi connectivity index (χ2v) is 12.3. The first-order valence-corrected chi connectivity index (χ1v) is 16.7. The second-order valence-electron chi connectivity index (χ2n) is 12.3. The minimum atomic E-state index is -0.831. The number of nitrogens with one attached hydrogen (secondary N) is 1. The number of aromatic nitrogens is 1. The van der Waals surface area contributed by atoms with E-state index in [2.05, 4.69) is 4.98 Å².